The second-order valence-electron chi connectivity index (χ2n) is 6.00. The first-order valence-electron chi connectivity index (χ1n) is 8.46. The Morgan fingerprint density at radius 1 is 1.12 bits per heavy atom. The van der Waals surface area contributed by atoms with Gasteiger partial charge in [0.15, 0.2) is 0 Å². The predicted molar refractivity (Wildman–Crippen MR) is 89.3 cm³/mol. The quantitative estimate of drug-likeness (QED) is 0.678. The molecule has 6 heteroatoms. The fourth-order valence-corrected chi connectivity index (χ4v) is 2.92. The van der Waals surface area contributed by atoms with Gasteiger partial charge in [-0.1, -0.05) is 12.8 Å². The Hall–Kier alpha value is -2.24. The maximum absolute atomic E-state index is 12.0. The lowest BCUT2D eigenvalue weighted by atomic mass is 9.97. The highest BCUT2D eigenvalue weighted by molar-refractivity contribution is 5.87. The van der Waals surface area contributed by atoms with Crippen LogP contribution in [-0.4, -0.2) is 35.7 Å². The number of nitrogens with one attached hydrogen (secondary N) is 1. The van der Waals surface area contributed by atoms with Crippen LogP contribution in [0.15, 0.2) is 24.3 Å². The zero-order valence-corrected chi connectivity index (χ0v) is 14.0. The maximum atomic E-state index is 12.0. The van der Waals surface area contributed by atoms with Crippen molar-refractivity contribution in [2.45, 2.75) is 51.0 Å². The Morgan fingerprint density at radius 3 is 2.25 bits per heavy atom. The number of hydrogen-bond acceptors (Lipinski definition) is 4. The molecule has 0 aliphatic heterocycles. The van der Waals surface area contributed by atoms with Crippen LogP contribution in [0.2, 0.25) is 0 Å². The smallest absolute Gasteiger partial charge is 0.329 e. The van der Waals surface area contributed by atoms with E-state index >= 15 is 0 Å². The Bertz CT molecular complexity index is 549. The van der Waals surface area contributed by atoms with Crippen molar-refractivity contribution in [2.75, 3.05) is 13.2 Å². The molecule has 1 aromatic carbocycles. The molecule has 1 aliphatic rings. The largest absolute Gasteiger partial charge is 0.494 e. The molecule has 1 saturated carbocycles. The van der Waals surface area contributed by atoms with Crippen molar-refractivity contribution < 1.29 is 24.2 Å². The first kappa shape index (κ1) is 18.1. The van der Waals surface area contributed by atoms with Crippen LogP contribution in [0.25, 0.3) is 0 Å². The van der Waals surface area contributed by atoms with E-state index < -0.39 is 11.5 Å². The molecule has 0 spiro atoms. The van der Waals surface area contributed by atoms with Crippen LogP contribution in [0.3, 0.4) is 0 Å². The minimum atomic E-state index is -1.06. The average molecular weight is 335 g/mol. The number of carboxylic acid groups (broad SMARTS) is 1. The van der Waals surface area contributed by atoms with Gasteiger partial charge in [0.25, 0.3) is 0 Å². The van der Waals surface area contributed by atoms with Gasteiger partial charge in [0.05, 0.1) is 13.2 Å². The molecule has 0 saturated heterocycles. The highest BCUT2D eigenvalue weighted by atomic mass is 16.5. The second kappa shape index (κ2) is 8.57. The van der Waals surface area contributed by atoms with Crippen LogP contribution in [-0.2, 0) is 9.59 Å². The van der Waals surface area contributed by atoms with Gasteiger partial charge in [-0.05, 0) is 50.5 Å². The molecule has 1 aromatic rings. The summed E-state index contributed by atoms with van der Waals surface area (Å²) >= 11 is 0. The van der Waals surface area contributed by atoms with E-state index in [1.165, 1.54) is 0 Å². The molecule has 2 N–H and O–H groups in total. The second-order valence-corrected chi connectivity index (χ2v) is 6.00. The van der Waals surface area contributed by atoms with Gasteiger partial charge in [0.1, 0.15) is 17.0 Å². The summed E-state index contributed by atoms with van der Waals surface area (Å²) in [5.74, 6) is 0.352. The van der Waals surface area contributed by atoms with Crippen LogP contribution in [0.5, 0.6) is 11.5 Å². The fraction of sp³-hybridized carbons (Fsp3) is 0.556. The lowest BCUT2D eigenvalue weighted by molar-refractivity contribution is -0.147. The molecule has 0 unspecified atom stereocenters. The number of rotatable bonds is 9. The third-order valence-corrected chi connectivity index (χ3v) is 4.20. The standard InChI is InChI=1S/C18H25NO5/c1-2-23-14-7-9-15(10-8-14)24-13-5-6-16(20)19-18(17(21)22)11-3-4-12-18/h7-10H,2-6,11-13H2,1H3,(H,19,20)(H,21,22). The van der Waals surface area contributed by atoms with Gasteiger partial charge in [-0.2, -0.15) is 0 Å². The molecule has 24 heavy (non-hydrogen) atoms. The predicted octanol–water partition coefficient (Wildman–Crippen LogP) is 2.76. The van der Waals surface area contributed by atoms with Crippen molar-refractivity contribution in [3.63, 3.8) is 0 Å². The first-order valence-corrected chi connectivity index (χ1v) is 8.46. The molecule has 6 nitrogen and oxygen atoms in total. The number of carbonyl (C=O) groups is 2. The highest BCUT2D eigenvalue weighted by Crippen LogP contribution is 2.30. The monoisotopic (exact) mass is 335 g/mol. The number of ether oxygens (including phenoxy) is 2. The molecule has 0 radical (unpaired) electrons. The van der Waals surface area contributed by atoms with E-state index in [9.17, 15) is 14.7 Å². The van der Waals surface area contributed by atoms with E-state index in [-0.39, 0.29) is 12.3 Å². The van der Waals surface area contributed by atoms with Crippen molar-refractivity contribution in [1.29, 1.82) is 0 Å². The normalized spacial score (nSPS) is 15.7. The van der Waals surface area contributed by atoms with Crippen molar-refractivity contribution in [3.8, 4) is 11.5 Å². The van der Waals surface area contributed by atoms with E-state index in [4.69, 9.17) is 9.47 Å². The summed E-state index contributed by atoms with van der Waals surface area (Å²) in [7, 11) is 0. The molecule has 132 valence electrons. The zero-order chi connectivity index (χ0) is 17.4. The van der Waals surface area contributed by atoms with Gasteiger partial charge in [-0.25, -0.2) is 4.79 Å². The lowest BCUT2D eigenvalue weighted by Crippen LogP contribution is -2.52. The van der Waals surface area contributed by atoms with Crippen molar-refractivity contribution in [2.24, 2.45) is 0 Å². The Morgan fingerprint density at radius 2 is 1.71 bits per heavy atom. The third-order valence-electron chi connectivity index (χ3n) is 4.20. The summed E-state index contributed by atoms with van der Waals surface area (Å²) in [5.41, 5.74) is -1.06. The number of amides is 1. The molecular weight excluding hydrogens is 310 g/mol. The van der Waals surface area contributed by atoms with E-state index in [0.29, 0.717) is 32.5 Å². The van der Waals surface area contributed by atoms with Gasteiger partial charge in [0.2, 0.25) is 5.91 Å². The number of carboxylic acids is 1. The number of aliphatic carboxylic acids is 1. The van der Waals surface area contributed by atoms with E-state index in [1.807, 2.05) is 31.2 Å². The topological polar surface area (TPSA) is 84.9 Å². The summed E-state index contributed by atoms with van der Waals surface area (Å²) in [4.78, 5) is 23.4. The third kappa shape index (κ3) is 4.88. The van der Waals surface area contributed by atoms with Gasteiger partial charge in [-0.15, -0.1) is 0 Å². The average Bonchev–Trinajstić information content (AvgIpc) is 3.03. The number of carbonyl (C=O) groups excluding carboxylic acids is 1. The van der Waals surface area contributed by atoms with E-state index in [2.05, 4.69) is 5.32 Å². The van der Waals surface area contributed by atoms with Gasteiger partial charge in [-0.3, -0.25) is 4.79 Å². The summed E-state index contributed by atoms with van der Waals surface area (Å²) in [6.45, 7) is 2.95. The zero-order valence-electron chi connectivity index (χ0n) is 14.0. The summed E-state index contributed by atoms with van der Waals surface area (Å²) in [6.07, 6.45) is 3.50. The van der Waals surface area contributed by atoms with Gasteiger partial charge >= 0.3 is 5.97 Å². The van der Waals surface area contributed by atoms with Crippen molar-refractivity contribution in [1.82, 2.24) is 5.32 Å². The van der Waals surface area contributed by atoms with Crippen molar-refractivity contribution in [3.05, 3.63) is 24.3 Å². The summed E-state index contributed by atoms with van der Waals surface area (Å²) in [5, 5.41) is 12.0. The number of hydrogen-bond donors (Lipinski definition) is 2. The van der Waals surface area contributed by atoms with Crippen LogP contribution >= 0.6 is 0 Å². The SMILES string of the molecule is CCOc1ccc(OCCCC(=O)NC2(C(=O)O)CCCC2)cc1. The lowest BCUT2D eigenvalue weighted by Gasteiger charge is -2.25. The Kier molecular flexibility index (Phi) is 6.46. The molecular formula is C18H25NO5. The van der Waals surface area contributed by atoms with E-state index in [0.717, 1.165) is 24.3 Å². The molecule has 1 fully saturated rings. The van der Waals surface area contributed by atoms with Crippen LogP contribution in [0, 0.1) is 0 Å². The molecule has 2 rings (SSSR count). The van der Waals surface area contributed by atoms with Gasteiger partial charge in [0, 0.05) is 6.42 Å². The highest BCUT2D eigenvalue weighted by Gasteiger charge is 2.42. The molecule has 1 aliphatic carbocycles. The summed E-state index contributed by atoms with van der Waals surface area (Å²) in [6, 6.07) is 7.32. The molecule has 0 bridgehead atoms. The van der Waals surface area contributed by atoms with Crippen LogP contribution < -0.4 is 14.8 Å². The van der Waals surface area contributed by atoms with Crippen LogP contribution in [0.4, 0.5) is 0 Å². The molecule has 0 heterocycles. The van der Waals surface area contributed by atoms with Gasteiger partial charge < -0.3 is 19.9 Å². The Labute approximate surface area is 142 Å². The summed E-state index contributed by atoms with van der Waals surface area (Å²) < 4.78 is 10.9. The minimum Gasteiger partial charge on any atom is -0.494 e. The molecule has 1 amide bonds. The first-order chi connectivity index (χ1) is 11.6. The van der Waals surface area contributed by atoms with Crippen molar-refractivity contribution >= 4 is 11.9 Å². The number of benzene rings is 1. The van der Waals surface area contributed by atoms with Crippen LogP contribution in [0.1, 0.15) is 45.4 Å². The maximum Gasteiger partial charge on any atom is 0.329 e. The van der Waals surface area contributed by atoms with E-state index in [1.54, 1.807) is 0 Å². The molecule has 0 atom stereocenters. The molecule has 0 aromatic heterocycles. The Balaban J connectivity index is 1.70. The fourth-order valence-electron chi connectivity index (χ4n) is 2.92. The minimum absolute atomic E-state index is 0.227.